The largest absolute Gasteiger partial charge is 0.455 e. The van der Waals surface area contributed by atoms with Gasteiger partial charge in [-0.2, -0.15) is 0 Å². The average Bonchev–Trinajstić information content (AvgIpc) is 3.17. The van der Waals surface area contributed by atoms with E-state index in [1.54, 1.807) is 12.4 Å². The highest BCUT2D eigenvalue weighted by atomic mass is 16.5. The number of carbonyl (C=O) groups is 1. The van der Waals surface area contributed by atoms with Crippen molar-refractivity contribution in [2.45, 2.75) is 19.3 Å². The maximum atomic E-state index is 12.9. The first-order valence-corrected chi connectivity index (χ1v) is 8.27. The minimum absolute atomic E-state index is 0.0823. The highest BCUT2D eigenvalue weighted by Crippen LogP contribution is 2.38. The van der Waals surface area contributed by atoms with Crippen LogP contribution in [-0.4, -0.2) is 28.9 Å². The van der Waals surface area contributed by atoms with Crippen LogP contribution in [0.25, 0.3) is 0 Å². The van der Waals surface area contributed by atoms with Crippen LogP contribution in [0.1, 0.15) is 29.6 Å². The lowest BCUT2D eigenvalue weighted by Crippen LogP contribution is -2.29. The second-order valence-electron chi connectivity index (χ2n) is 6.45. The first kappa shape index (κ1) is 14.2. The molecule has 1 aliphatic carbocycles. The number of hydrogen-bond donors (Lipinski definition) is 0. The molecule has 0 spiro atoms. The van der Waals surface area contributed by atoms with Gasteiger partial charge in [0.25, 0.3) is 5.91 Å². The number of hydrogen-bond acceptors (Lipinski definition) is 3. The molecule has 4 nitrogen and oxygen atoms in total. The molecule has 2 heterocycles. The molecular weight excluding hydrogens is 288 g/mol. The van der Waals surface area contributed by atoms with Crippen molar-refractivity contribution in [3.05, 3.63) is 54.4 Å². The number of para-hydroxylation sites is 1. The molecule has 1 aliphatic heterocycles. The van der Waals surface area contributed by atoms with E-state index >= 15 is 0 Å². The lowest BCUT2D eigenvalue weighted by Gasteiger charge is -2.19. The number of nitrogens with zero attached hydrogens (tertiary/aromatic N) is 2. The Labute approximate surface area is 136 Å². The second-order valence-corrected chi connectivity index (χ2v) is 6.45. The molecule has 118 valence electrons. The Morgan fingerprint density at radius 3 is 2.61 bits per heavy atom. The Bertz CT molecular complexity index is 690. The number of amides is 1. The van der Waals surface area contributed by atoms with Crippen molar-refractivity contribution < 1.29 is 9.53 Å². The number of fused-ring (bicyclic) bond motifs is 1. The van der Waals surface area contributed by atoms with E-state index in [9.17, 15) is 4.79 Å². The van der Waals surface area contributed by atoms with Crippen molar-refractivity contribution in [3.63, 3.8) is 0 Å². The molecule has 23 heavy (non-hydrogen) atoms. The van der Waals surface area contributed by atoms with Crippen molar-refractivity contribution >= 4 is 5.91 Å². The molecule has 1 aromatic carbocycles. The summed E-state index contributed by atoms with van der Waals surface area (Å²) < 4.78 is 5.87. The van der Waals surface area contributed by atoms with Crippen molar-refractivity contribution in [3.8, 4) is 11.5 Å². The van der Waals surface area contributed by atoms with Crippen LogP contribution >= 0.6 is 0 Å². The van der Waals surface area contributed by atoms with Gasteiger partial charge in [0, 0.05) is 19.3 Å². The molecule has 0 radical (unpaired) electrons. The molecule has 1 saturated heterocycles. The maximum Gasteiger partial charge on any atom is 0.257 e. The summed E-state index contributed by atoms with van der Waals surface area (Å²) in [5.74, 6) is 2.73. The van der Waals surface area contributed by atoms with E-state index in [0.717, 1.165) is 13.1 Å². The van der Waals surface area contributed by atoms with Crippen LogP contribution in [0.2, 0.25) is 0 Å². The highest BCUT2D eigenvalue weighted by molar-refractivity contribution is 5.97. The average molecular weight is 308 g/mol. The molecule has 0 bridgehead atoms. The van der Waals surface area contributed by atoms with E-state index in [1.165, 1.54) is 19.3 Å². The fourth-order valence-corrected chi connectivity index (χ4v) is 3.84. The lowest BCUT2D eigenvalue weighted by molar-refractivity contribution is 0.0778. The highest BCUT2D eigenvalue weighted by Gasteiger charge is 2.38. The fraction of sp³-hybridized carbons (Fsp3) is 0.368. The number of carbonyl (C=O) groups excluding carboxylic acids is 1. The van der Waals surface area contributed by atoms with E-state index in [0.29, 0.717) is 28.9 Å². The zero-order valence-electron chi connectivity index (χ0n) is 13.0. The van der Waals surface area contributed by atoms with Crippen LogP contribution in [0.4, 0.5) is 0 Å². The van der Waals surface area contributed by atoms with Crippen LogP contribution in [-0.2, 0) is 0 Å². The summed E-state index contributed by atoms with van der Waals surface area (Å²) >= 11 is 0. The Morgan fingerprint density at radius 1 is 1.09 bits per heavy atom. The fourth-order valence-electron chi connectivity index (χ4n) is 3.84. The van der Waals surface area contributed by atoms with E-state index in [4.69, 9.17) is 4.74 Å². The van der Waals surface area contributed by atoms with Gasteiger partial charge < -0.3 is 9.64 Å². The Balaban J connectivity index is 1.55. The third kappa shape index (κ3) is 2.81. The summed E-state index contributed by atoms with van der Waals surface area (Å²) in [6.07, 6.45) is 7.21. The SMILES string of the molecule is O=C(c1ccccc1Oc1cccnc1)N1C[C@H]2CCC[C@@H]2C1. The first-order chi connectivity index (χ1) is 11.3. The predicted octanol–water partition coefficient (Wildman–Crippen LogP) is 3.75. The molecule has 1 aromatic heterocycles. The third-order valence-corrected chi connectivity index (χ3v) is 4.99. The number of benzene rings is 1. The minimum Gasteiger partial charge on any atom is -0.455 e. The molecule has 0 N–H and O–H groups in total. The van der Waals surface area contributed by atoms with Gasteiger partial charge in [-0.3, -0.25) is 9.78 Å². The van der Waals surface area contributed by atoms with E-state index in [1.807, 2.05) is 41.3 Å². The zero-order valence-corrected chi connectivity index (χ0v) is 13.0. The van der Waals surface area contributed by atoms with Gasteiger partial charge in [-0.25, -0.2) is 0 Å². The van der Waals surface area contributed by atoms with E-state index < -0.39 is 0 Å². The van der Waals surface area contributed by atoms with Crippen molar-refractivity contribution in [1.82, 2.24) is 9.88 Å². The number of aromatic nitrogens is 1. The summed E-state index contributed by atoms with van der Waals surface area (Å²) in [5, 5.41) is 0. The first-order valence-electron chi connectivity index (χ1n) is 8.27. The van der Waals surface area contributed by atoms with Gasteiger partial charge in [-0.15, -0.1) is 0 Å². The summed E-state index contributed by atoms with van der Waals surface area (Å²) in [6.45, 7) is 1.79. The smallest absolute Gasteiger partial charge is 0.257 e. The molecule has 4 heteroatoms. The van der Waals surface area contributed by atoms with E-state index in [2.05, 4.69) is 4.98 Å². The van der Waals surface area contributed by atoms with Crippen molar-refractivity contribution in [2.75, 3.05) is 13.1 Å². The standard InChI is InChI=1S/C19H20N2O2/c22-19(21-12-14-5-3-6-15(14)13-21)17-8-1-2-9-18(17)23-16-7-4-10-20-11-16/h1-2,4,7-11,14-15H,3,5-6,12-13H2/t14-,15-/m1/s1. The topological polar surface area (TPSA) is 42.4 Å². The van der Waals surface area contributed by atoms with Crippen molar-refractivity contribution in [1.29, 1.82) is 0 Å². The molecule has 2 fully saturated rings. The Hall–Kier alpha value is -2.36. The van der Waals surface area contributed by atoms with Crippen LogP contribution in [0, 0.1) is 11.8 Å². The lowest BCUT2D eigenvalue weighted by atomic mass is 10.0. The van der Waals surface area contributed by atoms with Gasteiger partial charge in [0.2, 0.25) is 0 Å². The Morgan fingerprint density at radius 2 is 1.87 bits per heavy atom. The van der Waals surface area contributed by atoms with Gasteiger partial charge >= 0.3 is 0 Å². The maximum absolute atomic E-state index is 12.9. The third-order valence-electron chi connectivity index (χ3n) is 4.99. The zero-order chi connectivity index (χ0) is 15.6. The molecule has 2 aliphatic rings. The van der Waals surface area contributed by atoms with Crippen LogP contribution < -0.4 is 4.74 Å². The molecule has 0 unspecified atom stereocenters. The number of pyridine rings is 1. The number of rotatable bonds is 3. The predicted molar refractivity (Wildman–Crippen MR) is 87.5 cm³/mol. The minimum atomic E-state index is 0.0823. The van der Waals surface area contributed by atoms with Crippen molar-refractivity contribution in [2.24, 2.45) is 11.8 Å². The summed E-state index contributed by atoms with van der Waals surface area (Å²) in [7, 11) is 0. The quantitative estimate of drug-likeness (QED) is 0.867. The summed E-state index contributed by atoms with van der Waals surface area (Å²) in [5.41, 5.74) is 0.635. The van der Waals surface area contributed by atoms with Gasteiger partial charge in [-0.1, -0.05) is 18.6 Å². The molecule has 4 rings (SSSR count). The van der Waals surface area contributed by atoms with Gasteiger partial charge in [0.15, 0.2) is 0 Å². The molecule has 1 saturated carbocycles. The van der Waals surface area contributed by atoms with Crippen LogP contribution in [0.15, 0.2) is 48.8 Å². The van der Waals surface area contributed by atoms with Crippen LogP contribution in [0.5, 0.6) is 11.5 Å². The molecule has 1 amide bonds. The monoisotopic (exact) mass is 308 g/mol. The van der Waals surface area contributed by atoms with Gasteiger partial charge in [0.05, 0.1) is 11.8 Å². The van der Waals surface area contributed by atoms with Crippen LogP contribution in [0.3, 0.4) is 0 Å². The normalized spacial score (nSPS) is 22.9. The van der Waals surface area contributed by atoms with E-state index in [-0.39, 0.29) is 5.91 Å². The molecule has 2 aromatic rings. The summed E-state index contributed by atoms with van der Waals surface area (Å²) in [4.78, 5) is 19.0. The molecule has 2 atom stereocenters. The van der Waals surface area contributed by atoms with Gasteiger partial charge in [0.1, 0.15) is 11.5 Å². The number of ether oxygens (including phenoxy) is 1. The Kier molecular flexibility index (Phi) is 3.74. The second kappa shape index (κ2) is 6.03. The molecular formula is C19H20N2O2. The number of likely N-dealkylation sites (tertiary alicyclic amines) is 1. The summed E-state index contributed by atoms with van der Waals surface area (Å²) in [6, 6.07) is 11.1. The van der Waals surface area contributed by atoms with Gasteiger partial charge in [-0.05, 0) is 48.9 Å².